The number of hydrogen-bond donors (Lipinski definition) is 1. The van der Waals surface area contributed by atoms with E-state index in [1.807, 2.05) is 47.4 Å². The molecule has 3 aliphatic rings. The third-order valence-corrected chi connectivity index (χ3v) is 8.90. The zero-order valence-corrected chi connectivity index (χ0v) is 22.2. The summed E-state index contributed by atoms with van der Waals surface area (Å²) in [4.78, 5) is 31.2. The van der Waals surface area contributed by atoms with Gasteiger partial charge in [-0.1, -0.05) is 55.3 Å². The van der Waals surface area contributed by atoms with Crippen molar-refractivity contribution in [2.75, 3.05) is 33.3 Å². The molecule has 1 N–H and O–H groups in total. The number of piperidine rings is 1. The summed E-state index contributed by atoms with van der Waals surface area (Å²) < 4.78 is 5.26. The monoisotopic (exact) mass is 503 g/mol. The Kier molecular flexibility index (Phi) is 8.14. The van der Waals surface area contributed by atoms with Crippen molar-refractivity contribution >= 4 is 11.8 Å². The van der Waals surface area contributed by atoms with E-state index >= 15 is 0 Å². The van der Waals surface area contributed by atoms with E-state index in [9.17, 15) is 9.59 Å². The maximum Gasteiger partial charge on any atom is 0.229 e. The van der Waals surface area contributed by atoms with Crippen LogP contribution in [0.15, 0.2) is 54.6 Å². The van der Waals surface area contributed by atoms with Gasteiger partial charge >= 0.3 is 0 Å². The number of carbonyl (C=O) groups is 2. The normalized spacial score (nSPS) is 20.9. The fourth-order valence-corrected chi connectivity index (χ4v) is 6.48. The Morgan fingerprint density at radius 3 is 2.35 bits per heavy atom. The van der Waals surface area contributed by atoms with Crippen LogP contribution in [0.4, 0.5) is 0 Å². The molecule has 0 radical (unpaired) electrons. The number of amides is 2. The molecule has 6 nitrogen and oxygen atoms in total. The Balaban J connectivity index is 1.14. The van der Waals surface area contributed by atoms with Gasteiger partial charge in [0.25, 0.3) is 0 Å². The highest BCUT2D eigenvalue weighted by Crippen LogP contribution is 2.42. The summed E-state index contributed by atoms with van der Waals surface area (Å²) >= 11 is 0. The summed E-state index contributed by atoms with van der Waals surface area (Å²) in [5.41, 5.74) is 2.04. The van der Waals surface area contributed by atoms with Gasteiger partial charge in [0.15, 0.2) is 0 Å². The molecular formula is C31H41N3O3. The number of rotatable bonds is 9. The second-order valence-corrected chi connectivity index (χ2v) is 11.2. The largest absolute Gasteiger partial charge is 0.497 e. The smallest absolute Gasteiger partial charge is 0.229 e. The lowest BCUT2D eigenvalue weighted by Gasteiger charge is -2.38. The van der Waals surface area contributed by atoms with Crippen LogP contribution < -0.4 is 10.1 Å². The van der Waals surface area contributed by atoms with E-state index in [1.165, 1.54) is 12.8 Å². The molecule has 1 unspecified atom stereocenters. The third kappa shape index (κ3) is 6.01. The zero-order chi connectivity index (χ0) is 25.7. The van der Waals surface area contributed by atoms with Gasteiger partial charge in [-0.15, -0.1) is 0 Å². The first-order valence-electron chi connectivity index (χ1n) is 14.1. The van der Waals surface area contributed by atoms with Crippen molar-refractivity contribution in [3.05, 3.63) is 65.7 Å². The van der Waals surface area contributed by atoms with Crippen LogP contribution in [0.1, 0.15) is 68.4 Å². The van der Waals surface area contributed by atoms with Crippen molar-refractivity contribution in [2.24, 2.45) is 5.41 Å². The fourth-order valence-electron chi connectivity index (χ4n) is 6.48. The minimum atomic E-state index is -0.207. The number of likely N-dealkylation sites (tertiary alicyclic amines) is 2. The molecule has 2 heterocycles. The lowest BCUT2D eigenvalue weighted by molar-refractivity contribution is -0.138. The van der Waals surface area contributed by atoms with Gasteiger partial charge in [0.1, 0.15) is 5.75 Å². The number of methoxy groups -OCH3 is 1. The Bertz CT molecular complexity index is 1040. The second kappa shape index (κ2) is 11.7. The molecule has 6 heteroatoms. The molecule has 1 atom stereocenters. The summed E-state index contributed by atoms with van der Waals surface area (Å²) in [5.74, 6) is 1.21. The molecule has 5 rings (SSSR count). The van der Waals surface area contributed by atoms with Gasteiger partial charge in [-0.05, 0) is 81.4 Å². The minimum Gasteiger partial charge on any atom is -0.497 e. The van der Waals surface area contributed by atoms with Crippen LogP contribution >= 0.6 is 0 Å². The van der Waals surface area contributed by atoms with Crippen molar-refractivity contribution in [2.45, 2.75) is 69.9 Å². The van der Waals surface area contributed by atoms with Crippen LogP contribution in [0.25, 0.3) is 0 Å². The van der Waals surface area contributed by atoms with Gasteiger partial charge in [-0.2, -0.15) is 0 Å². The first-order valence-corrected chi connectivity index (χ1v) is 14.1. The van der Waals surface area contributed by atoms with Crippen molar-refractivity contribution in [1.29, 1.82) is 0 Å². The lowest BCUT2D eigenvalue weighted by atomic mass is 9.77. The Morgan fingerprint density at radius 1 is 1.00 bits per heavy atom. The number of nitrogens with zero attached hydrogens (tertiary/aromatic N) is 2. The minimum absolute atomic E-state index is 0.120. The van der Waals surface area contributed by atoms with Crippen LogP contribution in [0.3, 0.4) is 0 Å². The second-order valence-electron chi connectivity index (χ2n) is 11.2. The van der Waals surface area contributed by atoms with Crippen LogP contribution in [0.2, 0.25) is 0 Å². The molecule has 1 aliphatic carbocycles. The third-order valence-electron chi connectivity index (χ3n) is 8.90. The molecule has 3 fully saturated rings. The van der Waals surface area contributed by atoms with E-state index in [-0.39, 0.29) is 17.2 Å². The van der Waals surface area contributed by atoms with Gasteiger partial charge < -0.3 is 19.9 Å². The van der Waals surface area contributed by atoms with Gasteiger partial charge in [0.05, 0.1) is 18.4 Å². The summed E-state index contributed by atoms with van der Waals surface area (Å²) in [6.07, 6.45) is 8.22. The van der Waals surface area contributed by atoms with E-state index in [1.54, 1.807) is 7.11 Å². The quantitative estimate of drug-likeness (QED) is 0.537. The highest BCUT2D eigenvalue weighted by atomic mass is 16.5. The summed E-state index contributed by atoms with van der Waals surface area (Å²) in [6, 6.07) is 18.6. The molecule has 2 saturated heterocycles. The molecule has 0 aromatic heterocycles. The number of hydrogen-bond acceptors (Lipinski definition) is 4. The predicted octanol–water partition coefficient (Wildman–Crippen LogP) is 4.74. The molecular weight excluding hydrogens is 462 g/mol. The van der Waals surface area contributed by atoms with Crippen molar-refractivity contribution in [1.82, 2.24) is 15.1 Å². The van der Waals surface area contributed by atoms with Gasteiger partial charge in [-0.3, -0.25) is 9.59 Å². The average Bonchev–Trinajstić information content (AvgIpc) is 3.55. The van der Waals surface area contributed by atoms with Crippen molar-refractivity contribution in [3.63, 3.8) is 0 Å². The van der Waals surface area contributed by atoms with Crippen LogP contribution in [-0.4, -0.2) is 60.9 Å². The van der Waals surface area contributed by atoms with Crippen LogP contribution in [-0.2, 0) is 16.1 Å². The highest BCUT2D eigenvalue weighted by molar-refractivity contribution is 5.85. The van der Waals surface area contributed by atoms with E-state index in [0.717, 1.165) is 81.6 Å². The molecule has 2 aromatic rings. The van der Waals surface area contributed by atoms with E-state index in [4.69, 9.17) is 4.74 Å². The lowest BCUT2D eigenvalue weighted by Crippen LogP contribution is -2.45. The Morgan fingerprint density at radius 2 is 1.68 bits per heavy atom. The standard InChI is InChI=1S/C31H41N3O3/c1-37-27-13-11-24(12-14-27)23-34-22-18-31(30(34)36)16-20-33(21-17-31)19-15-28(25-7-3-2-4-8-25)29(35)32-26-9-5-6-10-26/h2-4,7-8,11-14,26,28H,5-6,9-10,15-23H2,1H3,(H,32,35). The maximum absolute atomic E-state index is 13.5. The molecule has 2 amide bonds. The van der Waals surface area contributed by atoms with Gasteiger partial charge in [0.2, 0.25) is 11.8 Å². The van der Waals surface area contributed by atoms with Gasteiger partial charge in [0, 0.05) is 19.1 Å². The fraction of sp³-hybridized carbons (Fsp3) is 0.548. The van der Waals surface area contributed by atoms with Crippen molar-refractivity contribution in [3.8, 4) is 5.75 Å². The number of nitrogens with one attached hydrogen (secondary N) is 1. The van der Waals surface area contributed by atoms with Gasteiger partial charge in [-0.25, -0.2) is 0 Å². The topological polar surface area (TPSA) is 61.9 Å². The first kappa shape index (κ1) is 25.8. The Labute approximate surface area is 221 Å². The summed E-state index contributed by atoms with van der Waals surface area (Å²) in [7, 11) is 1.67. The van der Waals surface area contributed by atoms with E-state index in [0.29, 0.717) is 18.5 Å². The summed E-state index contributed by atoms with van der Waals surface area (Å²) in [6.45, 7) is 4.24. The van der Waals surface area contributed by atoms with Crippen LogP contribution in [0, 0.1) is 5.41 Å². The molecule has 1 saturated carbocycles. The van der Waals surface area contributed by atoms with Crippen molar-refractivity contribution < 1.29 is 14.3 Å². The van der Waals surface area contributed by atoms with E-state index in [2.05, 4.69) is 22.3 Å². The molecule has 198 valence electrons. The molecule has 2 aromatic carbocycles. The molecule has 2 aliphatic heterocycles. The molecule has 1 spiro atoms. The first-order chi connectivity index (χ1) is 18.1. The zero-order valence-electron chi connectivity index (χ0n) is 22.2. The van der Waals surface area contributed by atoms with E-state index < -0.39 is 0 Å². The molecule has 0 bridgehead atoms. The maximum atomic E-state index is 13.5. The highest BCUT2D eigenvalue weighted by Gasteiger charge is 2.47. The summed E-state index contributed by atoms with van der Waals surface area (Å²) in [5, 5.41) is 3.33. The molecule has 37 heavy (non-hydrogen) atoms. The SMILES string of the molecule is COc1ccc(CN2CCC3(CCN(CCC(C(=O)NC4CCCC4)c4ccccc4)CC3)C2=O)cc1. The number of ether oxygens (including phenoxy) is 1. The number of benzene rings is 2. The number of carbonyl (C=O) groups excluding carboxylic acids is 2. The Hall–Kier alpha value is -2.86. The average molecular weight is 504 g/mol. The van der Waals surface area contributed by atoms with Crippen LogP contribution in [0.5, 0.6) is 5.75 Å². The predicted molar refractivity (Wildman–Crippen MR) is 145 cm³/mol.